The van der Waals surface area contributed by atoms with E-state index in [9.17, 15) is 0 Å². The molecule has 0 radical (unpaired) electrons. The topological polar surface area (TPSA) is 44.5 Å². The van der Waals surface area contributed by atoms with Crippen molar-refractivity contribution in [3.05, 3.63) is 29.3 Å². The van der Waals surface area contributed by atoms with E-state index in [-0.39, 0.29) is 12.1 Å². The molecule has 3 rings (SSSR count). The number of ether oxygens (including phenoxy) is 2. The molecule has 86 valence electrons. The van der Waals surface area contributed by atoms with Crippen LogP contribution in [0.25, 0.3) is 0 Å². The van der Waals surface area contributed by atoms with Crippen molar-refractivity contribution in [3.63, 3.8) is 0 Å². The lowest BCUT2D eigenvalue weighted by Gasteiger charge is -2.19. The molecule has 2 atom stereocenters. The number of benzene rings is 1. The highest BCUT2D eigenvalue weighted by molar-refractivity contribution is 5.41. The van der Waals surface area contributed by atoms with E-state index in [4.69, 9.17) is 15.2 Å². The van der Waals surface area contributed by atoms with Crippen LogP contribution in [0, 0.1) is 0 Å². The summed E-state index contributed by atoms with van der Waals surface area (Å²) in [6, 6.07) is 6.28. The Morgan fingerprint density at radius 3 is 3.06 bits per heavy atom. The average molecular weight is 219 g/mol. The monoisotopic (exact) mass is 219 g/mol. The first kappa shape index (κ1) is 10.1. The predicted octanol–water partition coefficient (Wildman–Crippen LogP) is 1.80. The van der Waals surface area contributed by atoms with Crippen LogP contribution >= 0.6 is 0 Å². The van der Waals surface area contributed by atoms with E-state index in [1.807, 2.05) is 6.07 Å². The molecule has 0 bridgehead atoms. The third-order valence-corrected chi connectivity index (χ3v) is 3.46. The lowest BCUT2D eigenvalue weighted by Crippen LogP contribution is -2.25. The summed E-state index contributed by atoms with van der Waals surface area (Å²) in [4.78, 5) is 0. The lowest BCUT2D eigenvalue weighted by molar-refractivity contribution is 0.0900. The quantitative estimate of drug-likeness (QED) is 0.825. The van der Waals surface area contributed by atoms with Crippen LogP contribution in [0.5, 0.6) is 5.75 Å². The van der Waals surface area contributed by atoms with Gasteiger partial charge in [0.2, 0.25) is 0 Å². The molecule has 3 nitrogen and oxygen atoms in total. The highest BCUT2D eigenvalue weighted by Gasteiger charge is 2.25. The van der Waals surface area contributed by atoms with E-state index in [0.717, 1.165) is 38.2 Å². The second-order valence-corrected chi connectivity index (χ2v) is 4.54. The summed E-state index contributed by atoms with van der Waals surface area (Å²) in [5, 5.41) is 0. The number of hydrogen-bond acceptors (Lipinski definition) is 3. The van der Waals surface area contributed by atoms with Gasteiger partial charge in [-0.3, -0.25) is 0 Å². The molecule has 0 amide bonds. The normalized spacial score (nSPS) is 25.2. The van der Waals surface area contributed by atoms with Crippen LogP contribution < -0.4 is 10.5 Å². The van der Waals surface area contributed by atoms with Gasteiger partial charge in [0.25, 0.3) is 0 Å². The molecule has 2 heterocycles. The summed E-state index contributed by atoms with van der Waals surface area (Å²) in [6.45, 7) is 1.65. The van der Waals surface area contributed by atoms with Crippen molar-refractivity contribution in [3.8, 4) is 5.75 Å². The number of nitrogens with two attached hydrogens (primary N) is 1. The summed E-state index contributed by atoms with van der Waals surface area (Å²) in [5.41, 5.74) is 8.69. The molecule has 0 saturated carbocycles. The Labute approximate surface area is 95.5 Å². The maximum absolute atomic E-state index is 6.23. The Kier molecular flexibility index (Phi) is 2.58. The van der Waals surface area contributed by atoms with Crippen molar-refractivity contribution in [2.75, 3.05) is 13.2 Å². The van der Waals surface area contributed by atoms with Crippen molar-refractivity contribution in [2.45, 2.75) is 31.4 Å². The SMILES string of the molecule is NC(c1ccc2c(c1)CCO2)C1CCCO1. The molecule has 1 fully saturated rings. The third kappa shape index (κ3) is 1.70. The molecule has 0 aromatic heterocycles. The molecule has 0 aliphatic carbocycles. The minimum atomic E-state index is 0.00778. The molecule has 1 saturated heterocycles. The van der Waals surface area contributed by atoms with Gasteiger partial charge in [-0.25, -0.2) is 0 Å². The van der Waals surface area contributed by atoms with Gasteiger partial charge in [-0.2, -0.15) is 0 Å². The Bertz CT molecular complexity index is 386. The molecule has 2 aliphatic rings. The summed E-state index contributed by atoms with van der Waals surface area (Å²) in [7, 11) is 0. The van der Waals surface area contributed by atoms with Crippen molar-refractivity contribution in [1.82, 2.24) is 0 Å². The minimum absolute atomic E-state index is 0.00778. The van der Waals surface area contributed by atoms with Crippen LogP contribution in [0.2, 0.25) is 0 Å². The van der Waals surface area contributed by atoms with Crippen LogP contribution in [0.4, 0.5) is 0 Å². The van der Waals surface area contributed by atoms with E-state index in [0.29, 0.717) is 0 Å². The second-order valence-electron chi connectivity index (χ2n) is 4.54. The predicted molar refractivity (Wildman–Crippen MR) is 61.5 cm³/mol. The maximum Gasteiger partial charge on any atom is 0.122 e. The number of rotatable bonds is 2. The first-order chi connectivity index (χ1) is 7.84. The molecule has 0 spiro atoms. The summed E-state index contributed by atoms with van der Waals surface area (Å²) >= 11 is 0. The fraction of sp³-hybridized carbons (Fsp3) is 0.538. The smallest absolute Gasteiger partial charge is 0.122 e. The first-order valence-corrected chi connectivity index (χ1v) is 5.97. The van der Waals surface area contributed by atoms with Gasteiger partial charge in [-0.15, -0.1) is 0 Å². The summed E-state index contributed by atoms with van der Waals surface area (Å²) in [6.07, 6.45) is 3.41. The van der Waals surface area contributed by atoms with Crippen molar-refractivity contribution < 1.29 is 9.47 Å². The van der Waals surface area contributed by atoms with E-state index < -0.39 is 0 Å². The van der Waals surface area contributed by atoms with Gasteiger partial charge in [0, 0.05) is 13.0 Å². The van der Waals surface area contributed by atoms with Crippen LogP contribution in [0.15, 0.2) is 18.2 Å². The molecule has 2 unspecified atom stereocenters. The highest BCUT2D eigenvalue weighted by Crippen LogP contribution is 2.31. The Morgan fingerprint density at radius 1 is 1.31 bits per heavy atom. The summed E-state index contributed by atoms with van der Waals surface area (Å²) < 4.78 is 11.1. The first-order valence-electron chi connectivity index (χ1n) is 5.97. The Morgan fingerprint density at radius 2 is 2.25 bits per heavy atom. The fourth-order valence-corrected chi connectivity index (χ4v) is 2.51. The van der Waals surface area contributed by atoms with E-state index in [1.54, 1.807) is 0 Å². The Balaban J connectivity index is 1.83. The van der Waals surface area contributed by atoms with Crippen LogP contribution in [-0.4, -0.2) is 19.3 Å². The molecule has 16 heavy (non-hydrogen) atoms. The highest BCUT2D eigenvalue weighted by atomic mass is 16.5. The van der Waals surface area contributed by atoms with Crippen molar-refractivity contribution in [1.29, 1.82) is 0 Å². The maximum atomic E-state index is 6.23. The molecule has 2 aliphatic heterocycles. The summed E-state index contributed by atoms with van der Waals surface area (Å²) in [5.74, 6) is 1.02. The van der Waals surface area contributed by atoms with Crippen LogP contribution in [0.3, 0.4) is 0 Å². The molecular formula is C13H17NO2. The van der Waals surface area contributed by atoms with E-state index in [1.165, 1.54) is 11.1 Å². The van der Waals surface area contributed by atoms with Gasteiger partial charge >= 0.3 is 0 Å². The van der Waals surface area contributed by atoms with Crippen LogP contribution in [-0.2, 0) is 11.2 Å². The molecule has 1 aromatic carbocycles. The van der Waals surface area contributed by atoms with Gasteiger partial charge in [0.05, 0.1) is 18.8 Å². The zero-order chi connectivity index (χ0) is 11.0. The Hall–Kier alpha value is -1.06. The van der Waals surface area contributed by atoms with Gasteiger partial charge in [-0.05, 0) is 30.0 Å². The van der Waals surface area contributed by atoms with E-state index in [2.05, 4.69) is 12.1 Å². The van der Waals surface area contributed by atoms with Crippen LogP contribution in [0.1, 0.15) is 30.0 Å². The lowest BCUT2D eigenvalue weighted by atomic mass is 9.98. The minimum Gasteiger partial charge on any atom is -0.493 e. The fourth-order valence-electron chi connectivity index (χ4n) is 2.51. The standard InChI is InChI=1S/C13H17NO2/c14-13(12-2-1-6-15-12)10-3-4-11-9(8-10)5-7-16-11/h3-4,8,12-13H,1-2,5-7,14H2. The largest absolute Gasteiger partial charge is 0.493 e. The number of hydrogen-bond donors (Lipinski definition) is 1. The van der Waals surface area contributed by atoms with Gasteiger partial charge in [0.1, 0.15) is 5.75 Å². The molecular weight excluding hydrogens is 202 g/mol. The van der Waals surface area contributed by atoms with E-state index >= 15 is 0 Å². The molecule has 2 N–H and O–H groups in total. The van der Waals surface area contributed by atoms with Crippen molar-refractivity contribution >= 4 is 0 Å². The van der Waals surface area contributed by atoms with Gasteiger partial charge < -0.3 is 15.2 Å². The second kappa shape index (κ2) is 4.07. The van der Waals surface area contributed by atoms with Crippen molar-refractivity contribution in [2.24, 2.45) is 5.73 Å². The average Bonchev–Trinajstić information content (AvgIpc) is 2.98. The molecule has 3 heteroatoms. The molecule has 1 aromatic rings. The zero-order valence-corrected chi connectivity index (χ0v) is 9.32. The number of fused-ring (bicyclic) bond motifs is 1. The third-order valence-electron chi connectivity index (χ3n) is 3.46. The van der Waals surface area contributed by atoms with Gasteiger partial charge in [0.15, 0.2) is 0 Å². The zero-order valence-electron chi connectivity index (χ0n) is 9.32. The van der Waals surface area contributed by atoms with Gasteiger partial charge in [-0.1, -0.05) is 12.1 Å².